The molecule has 3 nitrogen and oxygen atoms in total. The second-order valence-electron chi connectivity index (χ2n) is 14.4. The van der Waals surface area contributed by atoms with E-state index in [0.29, 0.717) is 0 Å². The molecule has 4 heteroatoms. The van der Waals surface area contributed by atoms with Crippen molar-refractivity contribution >= 4 is 62.0 Å². The second-order valence-corrected chi connectivity index (χ2v) is 14.4. The van der Waals surface area contributed by atoms with Crippen LogP contribution in [0.2, 0.25) is 0 Å². The van der Waals surface area contributed by atoms with Crippen molar-refractivity contribution in [3.05, 3.63) is 210 Å². The molecule has 53 heavy (non-hydrogen) atoms. The molecule has 0 N–H and O–H groups in total. The van der Waals surface area contributed by atoms with Crippen LogP contribution in [0.5, 0.6) is 11.5 Å². The van der Waals surface area contributed by atoms with Gasteiger partial charge in [-0.15, -0.1) is 0 Å². The first-order valence-corrected chi connectivity index (χ1v) is 18.4. The Morgan fingerprint density at radius 3 is 1.74 bits per heavy atom. The van der Waals surface area contributed by atoms with Gasteiger partial charge in [-0.3, -0.25) is 0 Å². The smallest absolute Gasteiger partial charge is 0.246 e. The lowest BCUT2D eigenvalue weighted by Gasteiger charge is -2.51. The van der Waals surface area contributed by atoms with Crippen LogP contribution in [-0.4, -0.2) is 11.3 Å². The van der Waals surface area contributed by atoms with Gasteiger partial charge in [0.15, 0.2) is 0 Å². The number of hydrogen-bond donors (Lipinski definition) is 0. The van der Waals surface area contributed by atoms with Gasteiger partial charge in [0, 0.05) is 39.0 Å². The molecule has 1 spiro atoms. The SMILES string of the molecule is c1ccc(B2c3cc(-n4c5ccccc5c5ccccc54)ccc3N3c4ccccc4C4(c5ccccc5Oc5ccccc54)c4cccc2c43)cc1. The van der Waals surface area contributed by atoms with Gasteiger partial charge in [0.1, 0.15) is 11.5 Å². The number of benzene rings is 8. The number of ether oxygens (including phenoxy) is 1. The Balaban J connectivity index is 1.20. The quantitative estimate of drug-likeness (QED) is 0.170. The van der Waals surface area contributed by atoms with Gasteiger partial charge in [0.25, 0.3) is 0 Å². The molecular formula is C49H31BN2O. The zero-order chi connectivity index (χ0) is 34.7. The Morgan fingerprint density at radius 2 is 1.02 bits per heavy atom. The van der Waals surface area contributed by atoms with Gasteiger partial charge >= 0.3 is 0 Å². The molecule has 12 rings (SSSR count). The average molecular weight is 675 g/mol. The Hall–Kier alpha value is -6.78. The minimum Gasteiger partial charge on any atom is -0.457 e. The lowest BCUT2D eigenvalue weighted by Crippen LogP contribution is -2.59. The summed E-state index contributed by atoms with van der Waals surface area (Å²) in [6.45, 7) is 0.0121. The van der Waals surface area contributed by atoms with Crippen molar-refractivity contribution in [3.63, 3.8) is 0 Å². The van der Waals surface area contributed by atoms with Gasteiger partial charge in [0.2, 0.25) is 6.71 Å². The zero-order valence-electron chi connectivity index (χ0n) is 28.8. The monoisotopic (exact) mass is 674 g/mol. The molecule has 9 aromatic rings. The third-order valence-electron chi connectivity index (χ3n) is 11.9. The fraction of sp³-hybridized carbons (Fsp3) is 0.0204. The molecule has 0 amide bonds. The molecule has 3 aliphatic heterocycles. The Labute approximate surface area is 308 Å². The summed E-state index contributed by atoms with van der Waals surface area (Å²) in [5, 5.41) is 2.53. The summed E-state index contributed by atoms with van der Waals surface area (Å²) in [4.78, 5) is 2.55. The van der Waals surface area contributed by atoms with Gasteiger partial charge in [0.05, 0.1) is 22.1 Å². The second kappa shape index (κ2) is 10.6. The highest BCUT2D eigenvalue weighted by molar-refractivity contribution is 6.98. The molecular weight excluding hydrogens is 643 g/mol. The van der Waals surface area contributed by atoms with Crippen LogP contribution in [0, 0.1) is 0 Å². The molecule has 246 valence electrons. The van der Waals surface area contributed by atoms with E-state index in [-0.39, 0.29) is 6.71 Å². The number of nitrogens with zero attached hydrogens (tertiary/aromatic N) is 2. The Kier molecular flexibility index (Phi) is 5.79. The van der Waals surface area contributed by atoms with Crippen molar-refractivity contribution in [3.8, 4) is 17.2 Å². The third kappa shape index (κ3) is 3.69. The van der Waals surface area contributed by atoms with E-state index in [2.05, 4.69) is 198 Å². The third-order valence-corrected chi connectivity index (χ3v) is 11.9. The van der Waals surface area contributed by atoms with E-state index >= 15 is 0 Å². The fourth-order valence-electron chi connectivity index (χ4n) is 9.91. The number of aromatic nitrogens is 1. The van der Waals surface area contributed by atoms with E-state index in [1.807, 2.05) is 0 Å². The van der Waals surface area contributed by atoms with Gasteiger partial charge in [-0.05, 0) is 70.6 Å². The summed E-state index contributed by atoms with van der Waals surface area (Å²) in [7, 11) is 0. The molecule has 1 aromatic heterocycles. The normalized spacial score (nSPS) is 14.3. The predicted octanol–water partition coefficient (Wildman–Crippen LogP) is 9.88. The Bertz CT molecular complexity index is 2860. The molecule has 0 aliphatic carbocycles. The van der Waals surface area contributed by atoms with Gasteiger partial charge in [-0.2, -0.15) is 0 Å². The van der Waals surface area contributed by atoms with Crippen molar-refractivity contribution in [2.45, 2.75) is 5.41 Å². The van der Waals surface area contributed by atoms with Crippen LogP contribution in [0.3, 0.4) is 0 Å². The lowest BCUT2D eigenvalue weighted by atomic mass is 9.34. The maximum atomic E-state index is 6.67. The maximum Gasteiger partial charge on any atom is 0.246 e. The Morgan fingerprint density at radius 1 is 0.434 bits per heavy atom. The summed E-state index contributed by atoms with van der Waals surface area (Å²) in [5.74, 6) is 1.80. The zero-order valence-corrected chi connectivity index (χ0v) is 28.8. The lowest BCUT2D eigenvalue weighted by molar-refractivity contribution is 0.434. The van der Waals surface area contributed by atoms with Crippen LogP contribution in [0.4, 0.5) is 17.1 Å². The number of anilines is 3. The molecule has 0 radical (unpaired) electrons. The summed E-state index contributed by atoms with van der Waals surface area (Å²) < 4.78 is 9.11. The van der Waals surface area contributed by atoms with Crippen molar-refractivity contribution in [2.75, 3.05) is 4.90 Å². The fourth-order valence-corrected chi connectivity index (χ4v) is 9.91. The summed E-state index contributed by atoms with van der Waals surface area (Å²) in [6, 6.07) is 69.0. The first kappa shape index (κ1) is 28.9. The van der Waals surface area contributed by atoms with Crippen LogP contribution < -0.4 is 26.0 Å². The van der Waals surface area contributed by atoms with Crippen molar-refractivity contribution in [2.24, 2.45) is 0 Å². The molecule has 0 bridgehead atoms. The van der Waals surface area contributed by atoms with E-state index in [4.69, 9.17) is 4.74 Å². The van der Waals surface area contributed by atoms with E-state index in [1.165, 1.54) is 77.5 Å². The number of para-hydroxylation sites is 6. The van der Waals surface area contributed by atoms with Crippen molar-refractivity contribution in [1.29, 1.82) is 0 Å². The largest absolute Gasteiger partial charge is 0.457 e. The molecule has 8 aromatic carbocycles. The van der Waals surface area contributed by atoms with Crippen LogP contribution in [0.1, 0.15) is 22.3 Å². The molecule has 0 saturated carbocycles. The first-order chi connectivity index (χ1) is 26.3. The van der Waals surface area contributed by atoms with Gasteiger partial charge < -0.3 is 14.2 Å². The predicted molar refractivity (Wildman–Crippen MR) is 219 cm³/mol. The van der Waals surface area contributed by atoms with Gasteiger partial charge in [-0.25, -0.2) is 0 Å². The van der Waals surface area contributed by atoms with Crippen LogP contribution >= 0.6 is 0 Å². The highest BCUT2D eigenvalue weighted by atomic mass is 16.5. The molecule has 0 unspecified atom stereocenters. The average Bonchev–Trinajstić information content (AvgIpc) is 3.56. The highest BCUT2D eigenvalue weighted by Crippen LogP contribution is 2.62. The standard InChI is InChI=1S/C49H31BN2O/c1-2-15-32(16-3-1)50-40-23-14-22-39-48(40)52(45-30-29-33(31-41(45)50)51-42-24-9-4-17-34(42)35-18-5-10-25-43(35)51)44-26-11-6-19-36(44)49(39)37-20-7-12-27-46(37)53-47-28-13-8-21-38(47)49/h1-31H. The summed E-state index contributed by atoms with van der Waals surface area (Å²) >= 11 is 0. The molecule has 3 aliphatic rings. The molecule has 0 saturated heterocycles. The summed E-state index contributed by atoms with van der Waals surface area (Å²) in [6.07, 6.45) is 0. The molecule has 0 atom stereocenters. The highest BCUT2D eigenvalue weighted by Gasteiger charge is 2.53. The van der Waals surface area contributed by atoms with E-state index in [9.17, 15) is 0 Å². The minimum absolute atomic E-state index is 0.0121. The minimum atomic E-state index is -0.578. The van der Waals surface area contributed by atoms with E-state index in [0.717, 1.165) is 17.2 Å². The van der Waals surface area contributed by atoms with Gasteiger partial charge in [-0.1, -0.05) is 145 Å². The topological polar surface area (TPSA) is 17.4 Å². The molecule has 0 fully saturated rings. The maximum absolute atomic E-state index is 6.67. The number of fused-ring (bicyclic) bond motifs is 13. The number of rotatable bonds is 2. The number of hydrogen-bond acceptors (Lipinski definition) is 2. The van der Waals surface area contributed by atoms with Crippen molar-refractivity contribution in [1.82, 2.24) is 4.57 Å². The van der Waals surface area contributed by atoms with Crippen molar-refractivity contribution < 1.29 is 4.74 Å². The van der Waals surface area contributed by atoms with E-state index in [1.54, 1.807) is 0 Å². The van der Waals surface area contributed by atoms with Crippen LogP contribution in [-0.2, 0) is 5.41 Å². The molecule has 4 heterocycles. The van der Waals surface area contributed by atoms with Crippen LogP contribution in [0.15, 0.2) is 188 Å². The summed E-state index contributed by atoms with van der Waals surface area (Å²) in [5.41, 5.74) is 15.4. The van der Waals surface area contributed by atoms with E-state index < -0.39 is 5.41 Å². The first-order valence-electron chi connectivity index (χ1n) is 18.4. The van der Waals surface area contributed by atoms with Crippen LogP contribution in [0.25, 0.3) is 27.5 Å².